The number of aryl methyl sites for hydroxylation is 2. The molecule has 0 amide bonds. The Hall–Kier alpha value is -2.01. The average molecular weight is 288 g/mol. The van der Waals surface area contributed by atoms with Crippen LogP contribution in [-0.2, 0) is 19.6 Å². The highest BCUT2D eigenvalue weighted by atomic mass is 16.5. The summed E-state index contributed by atoms with van der Waals surface area (Å²) in [7, 11) is 0. The van der Waals surface area contributed by atoms with Crippen LogP contribution in [0.2, 0.25) is 0 Å². The Morgan fingerprint density at radius 3 is 3.00 bits per heavy atom. The molecule has 0 spiro atoms. The third-order valence-corrected chi connectivity index (χ3v) is 3.70. The molecule has 1 aromatic heterocycles. The number of fused-ring (bicyclic) bond motifs is 1. The van der Waals surface area contributed by atoms with Gasteiger partial charge in [-0.05, 0) is 31.5 Å². The average Bonchev–Trinajstić information content (AvgIpc) is 3.08. The monoisotopic (exact) mass is 288 g/mol. The maximum Gasteiger partial charge on any atom is 0.130 e. The van der Waals surface area contributed by atoms with Crippen LogP contribution in [-0.4, -0.2) is 21.5 Å². The van der Waals surface area contributed by atoms with E-state index < -0.39 is 6.10 Å². The molecule has 1 aliphatic rings. The van der Waals surface area contributed by atoms with Crippen LogP contribution in [0.5, 0.6) is 11.5 Å². The Morgan fingerprint density at radius 2 is 2.24 bits per heavy atom. The minimum absolute atomic E-state index is 0.321. The quantitative estimate of drug-likeness (QED) is 0.918. The molecule has 1 unspecified atom stereocenters. The number of benzene rings is 1. The van der Waals surface area contributed by atoms with E-state index in [0.717, 1.165) is 35.7 Å². The second-order valence-corrected chi connectivity index (χ2v) is 5.11. The molecule has 5 nitrogen and oxygen atoms in total. The summed E-state index contributed by atoms with van der Waals surface area (Å²) in [6.07, 6.45) is 0.396. The molecule has 5 heteroatoms. The summed E-state index contributed by atoms with van der Waals surface area (Å²) >= 11 is 0. The van der Waals surface area contributed by atoms with Crippen molar-refractivity contribution in [2.75, 3.05) is 6.61 Å². The Bertz CT molecular complexity index is 636. The van der Waals surface area contributed by atoms with Crippen LogP contribution in [0.4, 0.5) is 0 Å². The Kier molecular flexibility index (Phi) is 3.84. The van der Waals surface area contributed by atoms with Crippen molar-refractivity contribution in [1.82, 2.24) is 9.78 Å². The fourth-order valence-electron chi connectivity index (χ4n) is 2.50. The van der Waals surface area contributed by atoms with Crippen LogP contribution in [0.15, 0.2) is 24.3 Å². The molecule has 21 heavy (non-hydrogen) atoms. The first-order valence-electron chi connectivity index (χ1n) is 7.34. The molecule has 2 aromatic rings. The van der Waals surface area contributed by atoms with Gasteiger partial charge in [0, 0.05) is 18.2 Å². The predicted molar refractivity (Wildman–Crippen MR) is 78.5 cm³/mol. The first-order valence-corrected chi connectivity index (χ1v) is 7.34. The van der Waals surface area contributed by atoms with Crippen molar-refractivity contribution in [2.45, 2.75) is 39.5 Å². The molecule has 1 N–H and O–H groups in total. The lowest BCUT2D eigenvalue weighted by atomic mass is 10.1. The summed E-state index contributed by atoms with van der Waals surface area (Å²) in [6.45, 7) is 5.79. The lowest BCUT2D eigenvalue weighted by Crippen LogP contribution is -2.06. The van der Waals surface area contributed by atoms with Crippen LogP contribution in [0.1, 0.15) is 36.9 Å². The lowest BCUT2D eigenvalue weighted by molar-refractivity contribution is 0.140. The van der Waals surface area contributed by atoms with Gasteiger partial charge in [-0.15, -0.1) is 0 Å². The highest BCUT2D eigenvalue weighted by Crippen LogP contribution is 2.35. The largest absolute Gasteiger partial charge is 0.490 e. The first kappa shape index (κ1) is 13.9. The molecule has 2 heterocycles. The zero-order chi connectivity index (χ0) is 14.8. The maximum atomic E-state index is 9.70. The predicted octanol–water partition coefficient (Wildman–Crippen LogP) is 2.47. The smallest absolute Gasteiger partial charge is 0.130 e. The first-order chi connectivity index (χ1) is 10.2. The molecule has 3 rings (SSSR count). The minimum atomic E-state index is -0.525. The van der Waals surface area contributed by atoms with Gasteiger partial charge >= 0.3 is 0 Å². The van der Waals surface area contributed by atoms with E-state index in [0.29, 0.717) is 19.0 Å². The van der Waals surface area contributed by atoms with E-state index in [1.165, 1.54) is 0 Å². The topological polar surface area (TPSA) is 56.5 Å². The fourth-order valence-corrected chi connectivity index (χ4v) is 2.50. The molecule has 0 aliphatic carbocycles. The maximum absolute atomic E-state index is 9.70. The van der Waals surface area contributed by atoms with E-state index in [1.807, 2.05) is 22.9 Å². The number of hydrogen-bond acceptors (Lipinski definition) is 4. The van der Waals surface area contributed by atoms with Crippen molar-refractivity contribution in [3.8, 4) is 11.5 Å². The van der Waals surface area contributed by atoms with E-state index >= 15 is 0 Å². The van der Waals surface area contributed by atoms with Crippen LogP contribution in [0, 0.1) is 0 Å². The summed E-state index contributed by atoms with van der Waals surface area (Å²) in [4.78, 5) is 0. The van der Waals surface area contributed by atoms with Gasteiger partial charge in [-0.3, -0.25) is 4.68 Å². The zero-order valence-corrected chi connectivity index (χ0v) is 12.4. The van der Waals surface area contributed by atoms with E-state index in [2.05, 4.69) is 25.0 Å². The van der Waals surface area contributed by atoms with Gasteiger partial charge in [0.2, 0.25) is 0 Å². The Labute approximate surface area is 124 Å². The van der Waals surface area contributed by atoms with Gasteiger partial charge in [0.25, 0.3) is 0 Å². The van der Waals surface area contributed by atoms with E-state index in [-0.39, 0.29) is 0 Å². The standard InChI is InChI=1S/C16H20N2O3/c1-3-11-7-12(18(4-2)17-11)9-20-13-5-6-14-15(19)10-21-16(14)8-13/h5-8,15,19H,3-4,9-10H2,1-2H3. The third-order valence-electron chi connectivity index (χ3n) is 3.70. The van der Waals surface area contributed by atoms with Crippen LogP contribution < -0.4 is 9.47 Å². The molecule has 1 aromatic carbocycles. The molecule has 0 fully saturated rings. The number of rotatable bonds is 5. The number of nitrogens with zero attached hydrogens (tertiary/aromatic N) is 2. The van der Waals surface area contributed by atoms with Crippen molar-refractivity contribution in [2.24, 2.45) is 0 Å². The minimum Gasteiger partial charge on any atom is -0.490 e. The normalized spacial score (nSPS) is 16.6. The SMILES string of the molecule is CCc1cc(COc2ccc3c(c2)OCC3O)n(CC)n1. The van der Waals surface area contributed by atoms with Gasteiger partial charge in [0.15, 0.2) is 0 Å². The molecular weight excluding hydrogens is 268 g/mol. The molecule has 0 saturated carbocycles. The highest BCUT2D eigenvalue weighted by molar-refractivity contribution is 5.44. The van der Waals surface area contributed by atoms with E-state index in [4.69, 9.17) is 9.47 Å². The van der Waals surface area contributed by atoms with E-state index in [9.17, 15) is 5.11 Å². The van der Waals surface area contributed by atoms with Gasteiger partial charge in [0.1, 0.15) is 30.8 Å². The summed E-state index contributed by atoms with van der Waals surface area (Å²) in [5.41, 5.74) is 2.97. The van der Waals surface area contributed by atoms with Gasteiger partial charge < -0.3 is 14.6 Å². The number of aromatic nitrogens is 2. The second-order valence-electron chi connectivity index (χ2n) is 5.11. The van der Waals surface area contributed by atoms with Crippen LogP contribution in [0.3, 0.4) is 0 Å². The molecule has 0 saturated heterocycles. The second kappa shape index (κ2) is 5.77. The molecular formula is C16H20N2O3. The van der Waals surface area contributed by atoms with E-state index in [1.54, 1.807) is 0 Å². The third kappa shape index (κ3) is 2.74. The Balaban J connectivity index is 1.72. The van der Waals surface area contributed by atoms with Crippen molar-refractivity contribution in [1.29, 1.82) is 0 Å². The molecule has 0 bridgehead atoms. The Morgan fingerprint density at radius 1 is 1.38 bits per heavy atom. The van der Waals surface area contributed by atoms with Gasteiger partial charge in [0.05, 0.1) is 11.4 Å². The molecule has 1 aliphatic heterocycles. The molecule has 0 radical (unpaired) electrons. The van der Waals surface area contributed by atoms with Crippen molar-refractivity contribution < 1.29 is 14.6 Å². The molecule has 1 atom stereocenters. The number of aliphatic hydroxyl groups is 1. The van der Waals surface area contributed by atoms with Crippen molar-refractivity contribution >= 4 is 0 Å². The van der Waals surface area contributed by atoms with Crippen LogP contribution >= 0.6 is 0 Å². The molecule has 112 valence electrons. The fraction of sp³-hybridized carbons (Fsp3) is 0.438. The van der Waals surface area contributed by atoms with Crippen LogP contribution in [0.25, 0.3) is 0 Å². The number of ether oxygens (including phenoxy) is 2. The summed E-state index contributed by atoms with van der Waals surface area (Å²) in [5.74, 6) is 1.45. The number of hydrogen-bond donors (Lipinski definition) is 1. The summed E-state index contributed by atoms with van der Waals surface area (Å²) in [5, 5.41) is 14.2. The zero-order valence-electron chi connectivity index (χ0n) is 12.4. The summed E-state index contributed by atoms with van der Waals surface area (Å²) < 4.78 is 13.2. The van der Waals surface area contributed by atoms with Crippen molar-refractivity contribution in [3.05, 3.63) is 41.2 Å². The summed E-state index contributed by atoms with van der Waals surface area (Å²) in [6, 6.07) is 7.64. The van der Waals surface area contributed by atoms with Gasteiger partial charge in [-0.2, -0.15) is 5.10 Å². The van der Waals surface area contributed by atoms with Gasteiger partial charge in [-0.25, -0.2) is 0 Å². The highest BCUT2D eigenvalue weighted by Gasteiger charge is 2.22. The van der Waals surface area contributed by atoms with Gasteiger partial charge in [-0.1, -0.05) is 6.92 Å². The number of aliphatic hydroxyl groups excluding tert-OH is 1. The lowest BCUT2D eigenvalue weighted by Gasteiger charge is -2.09. The van der Waals surface area contributed by atoms with Crippen molar-refractivity contribution in [3.63, 3.8) is 0 Å².